The number of nitrogens with one attached hydrogen (secondary N) is 1. The third-order valence-corrected chi connectivity index (χ3v) is 3.12. The first-order valence-electron chi connectivity index (χ1n) is 6.40. The molecule has 6 heteroatoms. The molecule has 0 aliphatic carbocycles. The molecule has 0 saturated carbocycles. The van der Waals surface area contributed by atoms with E-state index in [1.54, 1.807) is 12.1 Å². The smallest absolute Gasteiger partial charge is 0.374 e. The van der Waals surface area contributed by atoms with E-state index in [4.69, 9.17) is 5.11 Å². The van der Waals surface area contributed by atoms with E-state index in [0.29, 0.717) is 11.3 Å². The highest BCUT2D eigenvalue weighted by Gasteiger charge is 2.17. The van der Waals surface area contributed by atoms with Crippen molar-refractivity contribution in [1.29, 1.82) is 0 Å². The number of aliphatic hydroxyl groups is 1. The summed E-state index contributed by atoms with van der Waals surface area (Å²) >= 11 is 0. The van der Waals surface area contributed by atoms with E-state index in [1.165, 1.54) is 0 Å². The van der Waals surface area contributed by atoms with Crippen LogP contribution in [0.1, 0.15) is 24.5 Å². The van der Waals surface area contributed by atoms with Crippen LogP contribution in [0, 0.1) is 5.92 Å². The second kappa shape index (κ2) is 5.83. The number of hydrogen-bond acceptors (Lipinski definition) is 5. The third-order valence-electron chi connectivity index (χ3n) is 3.12. The zero-order valence-electron chi connectivity index (χ0n) is 11.4. The number of anilines is 1. The first-order chi connectivity index (χ1) is 9.52. The fraction of sp³-hybridized carbons (Fsp3) is 0.357. The van der Waals surface area contributed by atoms with Gasteiger partial charge in [-0.25, -0.2) is 14.8 Å². The lowest BCUT2D eigenvalue weighted by molar-refractivity contribution is 0.0684. The maximum Gasteiger partial charge on any atom is 0.374 e. The van der Waals surface area contributed by atoms with Crippen molar-refractivity contribution in [2.24, 2.45) is 5.92 Å². The van der Waals surface area contributed by atoms with E-state index in [9.17, 15) is 9.90 Å². The Morgan fingerprint density at radius 2 is 2.00 bits per heavy atom. The van der Waals surface area contributed by atoms with Crippen LogP contribution in [0.15, 0.2) is 24.3 Å². The molecule has 6 nitrogen and oxygen atoms in total. The molecule has 1 atom stereocenters. The summed E-state index contributed by atoms with van der Waals surface area (Å²) in [6.45, 7) is 3.88. The molecular weight excluding hydrogens is 258 g/mol. The predicted octanol–water partition coefficient (Wildman–Crippen LogP) is 1.76. The van der Waals surface area contributed by atoms with E-state index in [1.807, 2.05) is 26.0 Å². The number of aromatic carboxylic acids is 1. The quantitative estimate of drug-likeness (QED) is 0.769. The molecule has 0 aliphatic rings. The number of hydrogen-bond donors (Lipinski definition) is 3. The van der Waals surface area contributed by atoms with Gasteiger partial charge in [0.15, 0.2) is 0 Å². The van der Waals surface area contributed by atoms with E-state index in [2.05, 4.69) is 15.3 Å². The Morgan fingerprint density at radius 3 is 2.60 bits per heavy atom. The number of nitrogens with zero attached hydrogens (tertiary/aromatic N) is 2. The lowest BCUT2D eigenvalue weighted by Gasteiger charge is -2.21. The number of fused-ring (bicyclic) bond motifs is 1. The summed E-state index contributed by atoms with van der Waals surface area (Å²) in [5, 5.41) is 22.3. The molecule has 1 aromatic heterocycles. The number of rotatable bonds is 5. The highest BCUT2D eigenvalue weighted by molar-refractivity contribution is 5.93. The average Bonchev–Trinajstić information content (AvgIpc) is 2.43. The van der Waals surface area contributed by atoms with Gasteiger partial charge in [0.25, 0.3) is 0 Å². The second-order valence-corrected chi connectivity index (χ2v) is 4.90. The van der Waals surface area contributed by atoms with Crippen molar-refractivity contribution in [2.45, 2.75) is 19.9 Å². The fourth-order valence-electron chi connectivity index (χ4n) is 1.88. The summed E-state index contributed by atoms with van der Waals surface area (Å²) in [6, 6.07) is 6.97. The maximum atomic E-state index is 11.1. The second-order valence-electron chi connectivity index (χ2n) is 4.90. The molecule has 0 fully saturated rings. The molecule has 2 aromatic rings. The first kappa shape index (κ1) is 14.2. The molecular formula is C14H17N3O3. The number of aromatic nitrogens is 2. The molecule has 2 rings (SSSR count). The van der Waals surface area contributed by atoms with Crippen LogP contribution in [-0.4, -0.2) is 38.8 Å². The third kappa shape index (κ3) is 2.85. The molecule has 1 aromatic carbocycles. The van der Waals surface area contributed by atoms with Gasteiger partial charge < -0.3 is 15.5 Å². The molecule has 3 N–H and O–H groups in total. The molecule has 0 aliphatic heterocycles. The van der Waals surface area contributed by atoms with Gasteiger partial charge in [0.1, 0.15) is 5.82 Å². The van der Waals surface area contributed by atoms with E-state index < -0.39 is 5.97 Å². The van der Waals surface area contributed by atoms with Crippen LogP contribution in [-0.2, 0) is 0 Å². The van der Waals surface area contributed by atoms with Gasteiger partial charge in [-0.05, 0) is 18.1 Å². The van der Waals surface area contributed by atoms with Crippen molar-refractivity contribution in [2.75, 3.05) is 11.9 Å². The van der Waals surface area contributed by atoms with Crippen LogP contribution in [0.4, 0.5) is 5.82 Å². The van der Waals surface area contributed by atoms with Gasteiger partial charge in [0.2, 0.25) is 5.82 Å². The van der Waals surface area contributed by atoms with Gasteiger partial charge in [0.05, 0.1) is 18.2 Å². The molecule has 0 amide bonds. The summed E-state index contributed by atoms with van der Waals surface area (Å²) in [6.07, 6.45) is 0. The van der Waals surface area contributed by atoms with Crippen LogP contribution in [0.25, 0.3) is 10.9 Å². The van der Waals surface area contributed by atoms with Gasteiger partial charge in [-0.3, -0.25) is 0 Å². The minimum absolute atomic E-state index is 0.0571. The number of carboxylic acids is 1. The van der Waals surface area contributed by atoms with E-state index >= 15 is 0 Å². The predicted molar refractivity (Wildman–Crippen MR) is 75.8 cm³/mol. The Balaban J connectivity index is 2.52. The summed E-state index contributed by atoms with van der Waals surface area (Å²) < 4.78 is 0. The van der Waals surface area contributed by atoms with E-state index in [-0.39, 0.29) is 24.4 Å². The highest BCUT2D eigenvalue weighted by atomic mass is 16.4. The normalized spacial score (nSPS) is 12.6. The molecule has 0 spiro atoms. The van der Waals surface area contributed by atoms with Crippen molar-refractivity contribution >= 4 is 22.7 Å². The molecule has 106 valence electrons. The monoisotopic (exact) mass is 275 g/mol. The van der Waals surface area contributed by atoms with Crippen LogP contribution >= 0.6 is 0 Å². The molecule has 1 heterocycles. The Bertz CT molecular complexity index is 628. The average molecular weight is 275 g/mol. The summed E-state index contributed by atoms with van der Waals surface area (Å²) in [5.74, 6) is -0.821. The largest absolute Gasteiger partial charge is 0.475 e. The van der Waals surface area contributed by atoms with Crippen molar-refractivity contribution in [3.05, 3.63) is 30.1 Å². The Morgan fingerprint density at radius 1 is 1.30 bits per heavy atom. The first-order valence-corrected chi connectivity index (χ1v) is 6.40. The Kier molecular flexibility index (Phi) is 4.14. The summed E-state index contributed by atoms with van der Waals surface area (Å²) in [4.78, 5) is 19.1. The standard InChI is InChI=1S/C14H17N3O3/c1-8(2)11(7-18)16-12-9-5-3-4-6-10(9)15-13(17-12)14(19)20/h3-6,8,11,18H,7H2,1-2H3,(H,19,20)(H,15,16,17)/t11-/m1/s1. The Labute approximate surface area is 116 Å². The SMILES string of the molecule is CC(C)[C@@H](CO)Nc1nc(C(=O)O)nc2ccccc12. The summed E-state index contributed by atoms with van der Waals surface area (Å²) in [7, 11) is 0. The van der Waals surface area contributed by atoms with Gasteiger partial charge in [-0.15, -0.1) is 0 Å². The van der Waals surface area contributed by atoms with Crippen molar-refractivity contribution in [3.63, 3.8) is 0 Å². The van der Waals surface area contributed by atoms with Gasteiger partial charge in [-0.2, -0.15) is 0 Å². The molecule has 0 unspecified atom stereocenters. The lowest BCUT2D eigenvalue weighted by Crippen LogP contribution is -2.30. The molecule has 0 radical (unpaired) electrons. The van der Waals surface area contributed by atoms with Crippen LogP contribution in [0.5, 0.6) is 0 Å². The van der Waals surface area contributed by atoms with Gasteiger partial charge in [-0.1, -0.05) is 26.0 Å². The van der Waals surface area contributed by atoms with E-state index in [0.717, 1.165) is 5.39 Å². The fourth-order valence-corrected chi connectivity index (χ4v) is 1.88. The maximum absolute atomic E-state index is 11.1. The minimum atomic E-state index is -1.18. The van der Waals surface area contributed by atoms with Crippen molar-refractivity contribution < 1.29 is 15.0 Å². The number of benzene rings is 1. The number of para-hydroxylation sites is 1. The van der Waals surface area contributed by atoms with Gasteiger partial charge >= 0.3 is 5.97 Å². The molecule has 0 saturated heterocycles. The van der Waals surface area contributed by atoms with Crippen LogP contribution in [0.3, 0.4) is 0 Å². The van der Waals surface area contributed by atoms with Crippen LogP contribution in [0.2, 0.25) is 0 Å². The number of carbonyl (C=O) groups is 1. The Hall–Kier alpha value is -2.21. The van der Waals surface area contributed by atoms with Crippen molar-refractivity contribution in [1.82, 2.24) is 9.97 Å². The summed E-state index contributed by atoms with van der Waals surface area (Å²) in [5.41, 5.74) is 0.558. The van der Waals surface area contributed by atoms with Gasteiger partial charge in [0, 0.05) is 5.39 Å². The number of carboxylic acid groups (broad SMARTS) is 1. The number of aliphatic hydroxyl groups excluding tert-OH is 1. The lowest BCUT2D eigenvalue weighted by atomic mass is 10.1. The molecule has 20 heavy (non-hydrogen) atoms. The highest BCUT2D eigenvalue weighted by Crippen LogP contribution is 2.22. The topological polar surface area (TPSA) is 95.3 Å². The van der Waals surface area contributed by atoms with Crippen molar-refractivity contribution in [3.8, 4) is 0 Å². The zero-order valence-corrected chi connectivity index (χ0v) is 11.4. The molecule has 0 bridgehead atoms. The minimum Gasteiger partial charge on any atom is -0.475 e. The van der Waals surface area contributed by atoms with Crippen LogP contribution < -0.4 is 5.32 Å². The zero-order chi connectivity index (χ0) is 14.7.